The van der Waals surface area contributed by atoms with Crippen molar-refractivity contribution in [1.29, 1.82) is 0 Å². The molecule has 138 valence electrons. The normalized spacial score (nSPS) is 12.7. The molecule has 1 heterocycles. The molecule has 0 radical (unpaired) electrons. The lowest BCUT2D eigenvalue weighted by molar-refractivity contribution is -0.139. The molecular formula is C18H20N2O5S. The summed E-state index contributed by atoms with van der Waals surface area (Å²) in [7, 11) is 1.51. The Hall–Kier alpha value is -2.87. The molecule has 0 bridgehead atoms. The van der Waals surface area contributed by atoms with Crippen molar-refractivity contribution in [2.45, 2.75) is 18.9 Å². The van der Waals surface area contributed by atoms with Gasteiger partial charge in [-0.15, -0.1) is 11.3 Å². The van der Waals surface area contributed by atoms with E-state index in [-0.39, 0.29) is 18.9 Å². The van der Waals surface area contributed by atoms with Crippen LogP contribution < -0.4 is 15.4 Å². The average Bonchev–Trinajstić information content (AvgIpc) is 3.13. The number of rotatable bonds is 8. The number of thiophene rings is 1. The first-order valence-electron chi connectivity index (χ1n) is 7.83. The minimum absolute atomic E-state index is 0.254. The van der Waals surface area contributed by atoms with Gasteiger partial charge in [-0.3, -0.25) is 14.4 Å². The topological polar surface area (TPSA) is 105 Å². The van der Waals surface area contributed by atoms with Gasteiger partial charge in [0.25, 0.3) is 5.91 Å². The van der Waals surface area contributed by atoms with Crippen molar-refractivity contribution in [3.63, 3.8) is 0 Å². The molecule has 0 aliphatic rings. The van der Waals surface area contributed by atoms with Gasteiger partial charge < -0.3 is 20.5 Å². The second-order valence-electron chi connectivity index (χ2n) is 5.84. The third-order valence-corrected chi connectivity index (χ3v) is 4.65. The zero-order valence-corrected chi connectivity index (χ0v) is 15.3. The number of carbonyl (C=O) groups is 3. The van der Waals surface area contributed by atoms with Crippen molar-refractivity contribution >= 4 is 29.1 Å². The maximum atomic E-state index is 12.3. The molecule has 1 aromatic carbocycles. The molecule has 8 heteroatoms. The Morgan fingerprint density at radius 2 is 2.00 bits per heavy atom. The number of carboxylic acid groups (broad SMARTS) is 1. The van der Waals surface area contributed by atoms with Crippen LogP contribution in [0.3, 0.4) is 0 Å². The van der Waals surface area contributed by atoms with Gasteiger partial charge in [0.05, 0.1) is 30.5 Å². The van der Waals surface area contributed by atoms with Crippen LogP contribution in [-0.2, 0) is 15.1 Å². The van der Waals surface area contributed by atoms with E-state index in [1.54, 1.807) is 48.7 Å². The fraction of sp³-hybridized carbons (Fsp3) is 0.278. The Morgan fingerprint density at radius 1 is 1.23 bits per heavy atom. The van der Waals surface area contributed by atoms with E-state index in [9.17, 15) is 19.5 Å². The lowest BCUT2D eigenvalue weighted by Gasteiger charge is -2.30. The molecule has 0 fully saturated rings. The number of benzene rings is 1. The molecule has 0 aliphatic carbocycles. The SMILES string of the molecule is COc1cccc(C(C)(CC(=O)O)NC(=O)CNC(=O)c2cccs2)c1. The molecular weight excluding hydrogens is 356 g/mol. The number of hydrogen-bond donors (Lipinski definition) is 3. The number of ether oxygens (including phenoxy) is 1. The van der Waals surface area contributed by atoms with E-state index in [1.807, 2.05) is 0 Å². The van der Waals surface area contributed by atoms with Gasteiger partial charge in [0.15, 0.2) is 0 Å². The molecule has 1 atom stereocenters. The van der Waals surface area contributed by atoms with Gasteiger partial charge in [-0.2, -0.15) is 0 Å². The first kappa shape index (κ1) is 19.5. The molecule has 7 nitrogen and oxygen atoms in total. The van der Waals surface area contributed by atoms with E-state index in [0.717, 1.165) is 0 Å². The Labute approximate surface area is 155 Å². The summed E-state index contributed by atoms with van der Waals surface area (Å²) in [5.41, 5.74) is -0.553. The molecule has 0 aliphatic heterocycles. The summed E-state index contributed by atoms with van der Waals surface area (Å²) in [6, 6.07) is 10.2. The van der Waals surface area contributed by atoms with Gasteiger partial charge in [-0.05, 0) is 36.1 Å². The van der Waals surface area contributed by atoms with Gasteiger partial charge in [-0.25, -0.2) is 0 Å². The highest BCUT2D eigenvalue weighted by atomic mass is 32.1. The average molecular weight is 376 g/mol. The molecule has 1 aromatic heterocycles. The van der Waals surface area contributed by atoms with Gasteiger partial charge in [-0.1, -0.05) is 18.2 Å². The number of amides is 2. The fourth-order valence-electron chi connectivity index (χ4n) is 2.49. The molecule has 2 rings (SSSR count). The number of methoxy groups -OCH3 is 1. The van der Waals surface area contributed by atoms with Crippen molar-refractivity contribution in [2.75, 3.05) is 13.7 Å². The van der Waals surface area contributed by atoms with Crippen LogP contribution in [0, 0.1) is 0 Å². The summed E-state index contributed by atoms with van der Waals surface area (Å²) in [4.78, 5) is 36.0. The summed E-state index contributed by atoms with van der Waals surface area (Å²) in [6.45, 7) is 1.37. The van der Waals surface area contributed by atoms with Gasteiger partial charge >= 0.3 is 5.97 Å². The summed E-state index contributed by atoms with van der Waals surface area (Å²) >= 11 is 1.27. The summed E-state index contributed by atoms with van der Waals surface area (Å²) in [5.74, 6) is -1.34. The third-order valence-electron chi connectivity index (χ3n) is 3.78. The highest BCUT2D eigenvalue weighted by molar-refractivity contribution is 7.12. The number of aliphatic carboxylic acids is 1. The first-order valence-corrected chi connectivity index (χ1v) is 8.71. The summed E-state index contributed by atoms with van der Waals surface area (Å²) < 4.78 is 5.16. The maximum absolute atomic E-state index is 12.3. The predicted octanol–water partition coefficient (Wildman–Crippen LogP) is 1.99. The molecule has 0 spiro atoms. The largest absolute Gasteiger partial charge is 0.497 e. The van der Waals surface area contributed by atoms with Crippen molar-refractivity contribution < 1.29 is 24.2 Å². The lowest BCUT2D eigenvalue weighted by atomic mass is 9.88. The quantitative estimate of drug-likeness (QED) is 0.654. The highest BCUT2D eigenvalue weighted by Gasteiger charge is 2.32. The Morgan fingerprint density at radius 3 is 2.62 bits per heavy atom. The van der Waals surface area contributed by atoms with E-state index in [0.29, 0.717) is 16.2 Å². The zero-order chi connectivity index (χ0) is 19.2. The van der Waals surface area contributed by atoms with Crippen LogP contribution in [0.1, 0.15) is 28.6 Å². The number of hydrogen-bond acceptors (Lipinski definition) is 5. The highest BCUT2D eigenvalue weighted by Crippen LogP contribution is 2.27. The molecule has 0 saturated heterocycles. The fourth-order valence-corrected chi connectivity index (χ4v) is 3.13. The zero-order valence-electron chi connectivity index (χ0n) is 14.4. The van der Waals surface area contributed by atoms with Crippen LogP contribution in [0.2, 0.25) is 0 Å². The van der Waals surface area contributed by atoms with Crippen LogP contribution in [0.5, 0.6) is 5.75 Å². The Kier molecular flexibility index (Phi) is 6.35. The van der Waals surface area contributed by atoms with Crippen molar-refractivity contribution in [3.8, 4) is 5.75 Å². The van der Waals surface area contributed by atoms with Gasteiger partial charge in [0.2, 0.25) is 5.91 Å². The summed E-state index contributed by atoms with van der Waals surface area (Å²) in [5, 5.41) is 16.2. The Balaban J connectivity index is 2.09. The number of carboxylic acids is 1. The predicted molar refractivity (Wildman–Crippen MR) is 97.4 cm³/mol. The second-order valence-corrected chi connectivity index (χ2v) is 6.79. The first-order chi connectivity index (χ1) is 12.3. The van der Waals surface area contributed by atoms with E-state index in [2.05, 4.69) is 10.6 Å². The molecule has 0 saturated carbocycles. The van der Waals surface area contributed by atoms with Gasteiger partial charge in [0.1, 0.15) is 5.75 Å². The van der Waals surface area contributed by atoms with Crippen LogP contribution in [0.15, 0.2) is 41.8 Å². The van der Waals surface area contributed by atoms with Crippen molar-refractivity contribution in [2.24, 2.45) is 0 Å². The van der Waals surface area contributed by atoms with Gasteiger partial charge in [0, 0.05) is 0 Å². The minimum Gasteiger partial charge on any atom is -0.497 e. The van der Waals surface area contributed by atoms with Crippen molar-refractivity contribution in [1.82, 2.24) is 10.6 Å². The molecule has 2 aromatic rings. The van der Waals surface area contributed by atoms with E-state index >= 15 is 0 Å². The second kappa shape index (κ2) is 8.48. The van der Waals surface area contributed by atoms with Crippen molar-refractivity contribution in [3.05, 3.63) is 52.2 Å². The van der Waals surface area contributed by atoms with Crippen LogP contribution in [-0.4, -0.2) is 36.5 Å². The number of carbonyl (C=O) groups excluding carboxylic acids is 2. The van der Waals surface area contributed by atoms with E-state index < -0.39 is 17.4 Å². The minimum atomic E-state index is -1.15. The van der Waals surface area contributed by atoms with E-state index in [4.69, 9.17) is 4.74 Å². The van der Waals surface area contributed by atoms with E-state index in [1.165, 1.54) is 18.4 Å². The smallest absolute Gasteiger partial charge is 0.306 e. The standard InChI is InChI=1S/C18H20N2O5S/c1-18(10-16(22)23,12-5-3-6-13(9-12)25-2)20-15(21)11-19-17(24)14-7-4-8-26-14/h3-9H,10-11H2,1-2H3,(H,19,24)(H,20,21)(H,22,23). The van der Waals surface area contributed by atoms with Crippen LogP contribution in [0.25, 0.3) is 0 Å². The molecule has 26 heavy (non-hydrogen) atoms. The van der Waals surface area contributed by atoms with Crippen LogP contribution >= 0.6 is 11.3 Å². The number of nitrogens with one attached hydrogen (secondary N) is 2. The third kappa shape index (κ3) is 5.06. The lowest BCUT2D eigenvalue weighted by Crippen LogP contribution is -2.48. The monoisotopic (exact) mass is 376 g/mol. The summed E-state index contributed by atoms with van der Waals surface area (Å²) in [6.07, 6.45) is -0.315. The Bertz CT molecular complexity index is 791. The molecule has 3 N–H and O–H groups in total. The molecule has 2 amide bonds. The maximum Gasteiger partial charge on any atom is 0.306 e. The molecule has 1 unspecified atom stereocenters. The van der Waals surface area contributed by atoms with Crippen LogP contribution in [0.4, 0.5) is 0 Å².